The highest BCUT2D eigenvalue weighted by Gasteiger charge is 2.63. The van der Waals surface area contributed by atoms with Gasteiger partial charge in [0, 0.05) is 0 Å². The predicted octanol–water partition coefficient (Wildman–Crippen LogP) is 5.12. The van der Waals surface area contributed by atoms with E-state index >= 15 is 0 Å². The molecule has 0 aromatic heterocycles. The number of carbonyl (C=O) groups excluding carboxylic acids is 1. The molecule has 8 unspecified atom stereocenters. The van der Waals surface area contributed by atoms with Gasteiger partial charge in [-0.05, 0) is 93.8 Å². The molecule has 1 aliphatic heterocycles. The highest BCUT2D eigenvalue weighted by molar-refractivity contribution is 5.71. The van der Waals surface area contributed by atoms with Gasteiger partial charge in [0.05, 0.1) is 24.2 Å². The van der Waals surface area contributed by atoms with Crippen LogP contribution in [0.1, 0.15) is 92.4 Å². The third kappa shape index (κ3) is 3.56. The second-order valence-electron chi connectivity index (χ2n) is 11.1. The fraction of sp³-hybridized carbons (Fsp3) is 0.960. The van der Waals surface area contributed by atoms with Crippen LogP contribution in [0.2, 0.25) is 0 Å². The van der Waals surface area contributed by atoms with Gasteiger partial charge in [0.25, 0.3) is 0 Å². The van der Waals surface area contributed by atoms with Crippen molar-refractivity contribution in [2.45, 2.75) is 116 Å². The summed E-state index contributed by atoms with van der Waals surface area (Å²) in [6.45, 7) is 10.7. The molecule has 0 amide bonds. The first kappa shape index (κ1) is 21.6. The van der Waals surface area contributed by atoms with Crippen LogP contribution in [0, 0.1) is 35.5 Å². The minimum Gasteiger partial charge on any atom is -0.459 e. The van der Waals surface area contributed by atoms with Crippen molar-refractivity contribution in [1.82, 2.24) is 0 Å². The molecular weight excluding hydrogens is 364 g/mol. The largest absolute Gasteiger partial charge is 0.459 e. The summed E-state index contributed by atoms with van der Waals surface area (Å²) < 4.78 is 12.5. The van der Waals surface area contributed by atoms with Gasteiger partial charge in [-0.2, -0.15) is 0 Å². The molecular formula is C25H42O4. The maximum atomic E-state index is 12.9. The van der Waals surface area contributed by atoms with E-state index < -0.39 is 5.60 Å². The van der Waals surface area contributed by atoms with Gasteiger partial charge >= 0.3 is 5.97 Å². The van der Waals surface area contributed by atoms with Gasteiger partial charge in [0.1, 0.15) is 5.60 Å². The molecule has 1 heterocycles. The molecule has 3 saturated carbocycles. The quantitative estimate of drug-likeness (QED) is 0.597. The average Bonchev–Trinajstić information content (AvgIpc) is 3.41. The van der Waals surface area contributed by atoms with Gasteiger partial charge in [-0.25, -0.2) is 0 Å². The fourth-order valence-corrected chi connectivity index (χ4v) is 7.84. The number of fused-ring (bicyclic) bond motifs is 5. The lowest BCUT2D eigenvalue weighted by Gasteiger charge is -2.42. The van der Waals surface area contributed by atoms with Gasteiger partial charge in [-0.3, -0.25) is 4.79 Å². The van der Waals surface area contributed by atoms with E-state index in [-0.39, 0.29) is 23.9 Å². The van der Waals surface area contributed by atoms with Crippen LogP contribution in [0.4, 0.5) is 0 Å². The van der Waals surface area contributed by atoms with Gasteiger partial charge in [0.2, 0.25) is 0 Å². The smallest absolute Gasteiger partial charge is 0.309 e. The first-order chi connectivity index (χ1) is 13.7. The Bertz CT molecular complexity index is 606. The number of rotatable bonds is 7. The number of aliphatic hydroxyl groups is 1. The summed E-state index contributed by atoms with van der Waals surface area (Å²) in [5, 5.41) is 11.5. The molecule has 0 aromatic rings. The second-order valence-corrected chi connectivity index (χ2v) is 11.1. The molecule has 29 heavy (non-hydrogen) atoms. The van der Waals surface area contributed by atoms with Gasteiger partial charge in [0.15, 0.2) is 0 Å². The van der Waals surface area contributed by atoms with Crippen molar-refractivity contribution in [2.75, 3.05) is 0 Å². The Labute approximate surface area is 177 Å². The van der Waals surface area contributed by atoms with Crippen LogP contribution < -0.4 is 0 Å². The van der Waals surface area contributed by atoms with Crippen molar-refractivity contribution in [3.8, 4) is 0 Å². The Morgan fingerprint density at radius 2 is 1.76 bits per heavy atom. The van der Waals surface area contributed by atoms with E-state index in [1.807, 2.05) is 6.92 Å². The molecule has 0 aromatic carbocycles. The first-order valence-electron chi connectivity index (χ1n) is 12.3. The maximum absolute atomic E-state index is 12.9. The molecule has 1 N–H and O–H groups in total. The van der Waals surface area contributed by atoms with Crippen LogP contribution in [0.15, 0.2) is 0 Å². The third-order valence-corrected chi connectivity index (χ3v) is 9.26. The molecule has 1 saturated heterocycles. The van der Waals surface area contributed by atoms with Crippen molar-refractivity contribution >= 4 is 5.97 Å². The van der Waals surface area contributed by atoms with Crippen LogP contribution in [-0.2, 0) is 14.3 Å². The second kappa shape index (κ2) is 7.82. The summed E-state index contributed by atoms with van der Waals surface area (Å²) in [6, 6.07) is 0. The normalized spacial score (nSPS) is 42.2. The standard InChI is InChI=1S/C25H42O4/c1-6-19-22-16-12-17(23(22)20(7-2)28-19)18(13-16)24(5,27)14-21(26)29-25(15(3)4)10-8-9-11-25/h15-20,22-23,27H,6-14H2,1-5H3. The lowest BCUT2D eigenvalue weighted by molar-refractivity contribution is -0.172. The molecule has 8 atom stereocenters. The molecule has 2 bridgehead atoms. The Morgan fingerprint density at radius 1 is 1.14 bits per heavy atom. The maximum Gasteiger partial charge on any atom is 0.309 e. The van der Waals surface area contributed by atoms with Crippen LogP contribution in [-0.4, -0.2) is 34.5 Å². The van der Waals surface area contributed by atoms with Crippen LogP contribution in [0.5, 0.6) is 0 Å². The molecule has 4 aliphatic rings. The minimum atomic E-state index is -0.985. The Balaban J connectivity index is 1.44. The zero-order valence-corrected chi connectivity index (χ0v) is 19.2. The van der Waals surface area contributed by atoms with E-state index in [1.54, 1.807) is 0 Å². The van der Waals surface area contributed by atoms with E-state index in [2.05, 4.69) is 27.7 Å². The zero-order chi connectivity index (χ0) is 21.0. The summed E-state index contributed by atoms with van der Waals surface area (Å²) in [5.74, 6) is 2.67. The topological polar surface area (TPSA) is 55.8 Å². The Hall–Kier alpha value is -0.610. The molecule has 0 spiro atoms. The molecule has 166 valence electrons. The molecule has 4 nitrogen and oxygen atoms in total. The summed E-state index contributed by atoms with van der Waals surface area (Å²) in [7, 11) is 0. The van der Waals surface area contributed by atoms with Gasteiger partial charge in [-0.1, -0.05) is 27.7 Å². The zero-order valence-electron chi connectivity index (χ0n) is 19.2. The summed E-state index contributed by atoms with van der Waals surface area (Å²) in [4.78, 5) is 12.9. The predicted molar refractivity (Wildman–Crippen MR) is 113 cm³/mol. The monoisotopic (exact) mass is 406 g/mol. The number of hydrogen-bond acceptors (Lipinski definition) is 4. The van der Waals surface area contributed by atoms with E-state index in [0.717, 1.165) is 44.9 Å². The fourth-order valence-electron chi connectivity index (χ4n) is 7.84. The highest BCUT2D eigenvalue weighted by atomic mass is 16.6. The molecule has 4 heteroatoms. The first-order valence-corrected chi connectivity index (χ1v) is 12.3. The van der Waals surface area contributed by atoms with Crippen LogP contribution in [0.3, 0.4) is 0 Å². The van der Waals surface area contributed by atoms with Crippen molar-refractivity contribution in [1.29, 1.82) is 0 Å². The summed E-state index contributed by atoms with van der Waals surface area (Å²) in [5.41, 5.74) is -1.30. The highest BCUT2D eigenvalue weighted by Crippen LogP contribution is 2.64. The van der Waals surface area contributed by atoms with Gasteiger partial charge < -0.3 is 14.6 Å². The lowest BCUT2D eigenvalue weighted by atomic mass is 9.65. The molecule has 4 fully saturated rings. The third-order valence-electron chi connectivity index (χ3n) is 9.26. The lowest BCUT2D eigenvalue weighted by Crippen LogP contribution is -2.46. The van der Waals surface area contributed by atoms with Crippen molar-refractivity contribution in [3.05, 3.63) is 0 Å². The summed E-state index contributed by atoms with van der Waals surface area (Å²) >= 11 is 0. The van der Waals surface area contributed by atoms with E-state index in [0.29, 0.717) is 41.8 Å². The van der Waals surface area contributed by atoms with E-state index in [4.69, 9.17) is 9.47 Å². The number of carbonyl (C=O) groups is 1. The SMILES string of the molecule is CCC1OC(CC)C2C3CC(CC3C(C)(O)CC(=O)OC3(C(C)C)CCCC3)C12. The summed E-state index contributed by atoms with van der Waals surface area (Å²) in [6.07, 6.45) is 9.42. The Kier molecular flexibility index (Phi) is 5.83. The van der Waals surface area contributed by atoms with Crippen LogP contribution >= 0.6 is 0 Å². The number of ether oxygens (including phenoxy) is 2. The number of esters is 1. The molecule has 4 rings (SSSR count). The average molecular weight is 407 g/mol. The number of hydrogen-bond donors (Lipinski definition) is 1. The van der Waals surface area contributed by atoms with E-state index in [1.165, 1.54) is 6.42 Å². The molecule has 0 radical (unpaired) electrons. The van der Waals surface area contributed by atoms with Crippen molar-refractivity contribution in [2.24, 2.45) is 35.5 Å². The van der Waals surface area contributed by atoms with Crippen molar-refractivity contribution in [3.63, 3.8) is 0 Å². The van der Waals surface area contributed by atoms with Gasteiger partial charge in [-0.15, -0.1) is 0 Å². The molecule has 3 aliphatic carbocycles. The Morgan fingerprint density at radius 3 is 2.34 bits per heavy atom. The van der Waals surface area contributed by atoms with Crippen LogP contribution in [0.25, 0.3) is 0 Å². The van der Waals surface area contributed by atoms with E-state index in [9.17, 15) is 9.90 Å². The minimum absolute atomic E-state index is 0.127. The van der Waals surface area contributed by atoms with Crippen molar-refractivity contribution < 1.29 is 19.4 Å².